The van der Waals surface area contributed by atoms with Gasteiger partial charge in [-0.2, -0.15) is 0 Å². The summed E-state index contributed by atoms with van der Waals surface area (Å²) in [5.74, 6) is 0.299. The Morgan fingerprint density at radius 1 is 0.197 bits per heavy atom. The van der Waals surface area contributed by atoms with E-state index in [1.54, 1.807) is 0 Å². The van der Waals surface area contributed by atoms with Crippen LogP contribution in [0.3, 0.4) is 0 Å². The second-order valence-electron chi connectivity index (χ2n) is 34.8. The molecule has 1 aliphatic rings. The summed E-state index contributed by atoms with van der Waals surface area (Å²) in [5, 5.41) is 0. The van der Waals surface area contributed by atoms with E-state index in [1.165, 1.54) is 33.4 Å². The number of hydrogen-bond acceptors (Lipinski definition) is 4. The molecular weight excluding hydrogens is 1650 g/mol. The number of nitrogens with zero attached hydrogens (tertiary/aromatic N) is 4. The molecule has 4 heteroatoms. The molecular formula is C133H94N4. The average molecular weight is 1750 g/mol. The van der Waals surface area contributed by atoms with Crippen molar-refractivity contribution in [3.8, 4) is 134 Å². The monoisotopic (exact) mass is 1750 g/mol. The van der Waals surface area contributed by atoms with Crippen LogP contribution in [-0.4, -0.2) is 0 Å². The summed E-state index contributed by atoms with van der Waals surface area (Å²) in [7, 11) is 0. The minimum atomic E-state index is 0.299. The molecule has 21 aromatic carbocycles. The van der Waals surface area contributed by atoms with Crippen LogP contribution in [0.25, 0.3) is 139 Å². The molecule has 1 unspecified atom stereocenters. The Morgan fingerprint density at radius 2 is 0.474 bits per heavy atom. The highest BCUT2D eigenvalue weighted by Crippen LogP contribution is 2.52. The van der Waals surface area contributed by atoms with Crippen molar-refractivity contribution in [3.05, 3.63) is 569 Å². The van der Waals surface area contributed by atoms with Crippen molar-refractivity contribution < 1.29 is 0 Å². The molecule has 0 aliphatic heterocycles. The molecule has 0 radical (unpaired) electrons. The summed E-state index contributed by atoms with van der Waals surface area (Å²) in [5.41, 5.74) is 41.8. The first-order valence-corrected chi connectivity index (χ1v) is 47.0. The summed E-state index contributed by atoms with van der Waals surface area (Å²) < 4.78 is 0. The lowest BCUT2D eigenvalue weighted by Gasteiger charge is -2.33. The van der Waals surface area contributed by atoms with E-state index >= 15 is 0 Å². The highest BCUT2D eigenvalue weighted by Gasteiger charge is 2.29. The fraction of sp³-hybridized carbons (Fsp3) is 0.0226. The van der Waals surface area contributed by atoms with E-state index in [9.17, 15) is 0 Å². The minimum absolute atomic E-state index is 0.299. The summed E-state index contributed by atoms with van der Waals surface area (Å²) in [6, 6.07) is 202. The van der Waals surface area contributed by atoms with Gasteiger partial charge in [-0.15, -0.1) is 0 Å². The lowest BCUT2D eigenvalue weighted by molar-refractivity contribution is 0.729. The Hall–Kier alpha value is -18.1. The first-order valence-electron chi connectivity index (χ1n) is 47.0. The molecule has 21 aromatic rings. The fourth-order valence-corrected chi connectivity index (χ4v) is 19.2. The maximum atomic E-state index is 3.62. The molecule has 646 valence electrons. The van der Waals surface area contributed by atoms with E-state index in [4.69, 9.17) is 0 Å². The SMILES string of the molecule is CC1C=C(N(c2c#cc(-c3ccccc3)cc2)c2ccccc2)C(c2ccccc2-c2ccccc2N(c2ccc(-c3ccccc3)cc2)c2ccc(-c3ccc(-c4cccc(-c5cc#cc(-c6ccc(-c7ccc(N(c8ccccc8)c8ccccc8-c8ccccc8-c8ccccc8N(c8ccc(-c9ccccc9)cc8)c8ccc(-c9ccccc9)cc8)cc7)cc6)c5)c4)cc3)cc2)=CC1. The molecule has 137 heavy (non-hydrogen) atoms. The number of hydrogen-bond donors (Lipinski definition) is 0. The number of benzene rings is 19. The van der Waals surface area contributed by atoms with Crippen LogP contribution in [0.15, 0.2) is 540 Å². The van der Waals surface area contributed by atoms with Crippen LogP contribution in [0, 0.1) is 30.2 Å². The molecule has 0 aromatic heterocycles. The lowest BCUT2D eigenvalue weighted by Crippen LogP contribution is -2.20. The van der Waals surface area contributed by atoms with Crippen LogP contribution in [0.1, 0.15) is 18.9 Å². The fourth-order valence-electron chi connectivity index (χ4n) is 19.2. The van der Waals surface area contributed by atoms with Crippen molar-refractivity contribution in [2.45, 2.75) is 13.3 Å². The first-order chi connectivity index (χ1) is 67.9. The van der Waals surface area contributed by atoms with Gasteiger partial charge in [0.1, 0.15) is 0 Å². The molecule has 0 bridgehead atoms. The second-order valence-corrected chi connectivity index (χ2v) is 34.8. The Kier molecular flexibility index (Phi) is 23.9. The molecule has 1 aliphatic carbocycles. The Bertz CT molecular complexity index is 7740. The Labute approximate surface area is 804 Å². The summed E-state index contributed by atoms with van der Waals surface area (Å²) in [4.78, 5) is 9.57. The van der Waals surface area contributed by atoms with E-state index in [-0.39, 0.29) is 0 Å². The van der Waals surface area contributed by atoms with E-state index in [0.29, 0.717) is 5.92 Å². The maximum absolute atomic E-state index is 3.62. The van der Waals surface area contributed by atoms with Gasteiger partial charge in [0.15, 0.2) is 0 Å². The van der Waals surface area contributed by atoms with Gasteiger partial charge in [-0.05, 0) is 263 Å². The van der Waals surface area contributed by atoms with Crippen LogP contribution < -0.4 is 19.6 Å². The second kappa shape index (κ2) is 38.8. The van der Waals surface area contributed by atoms with Gasteiger partial charge >= 0.3 is 0 Å². The van der Waals surface area contributed by atoms with Gasteiger partial charge in [0.2, 0.25) is 0 Å². The lowest BCUT2D eigenvalue weighted by atomic mass is 9.86. The van der Waals surface area contributed by atoms with Crippen LogP contribution in [0.2, 0.25) is 0 Å². The van der Waals surface area contributed by atoms with Crippen LogP contribution in [0.5, 0.6) is 0 Å². The molecule has 0 fully saturated rings. The highest BCUT2D eigenvalue weighted by molar-refractivity contribution is 6.01. The van der Waals surface area contributed by atoms with Crippen molar-refractivity contribution in [2.75, 3.05) is 19.6 Å². The summed E-state index contributed by atoms with van der Waals surface area (Å²) in [6.45, 7) is 2.31. The number of rotatable bonds is 25. The Morgan fingerprint density at radius 3 is 0.854 bits per heavy atom. The number of para-hydroxylation sites is 5. The molecule has 4 nitrogen and oxygen atoms in total. The van der Waals surface area contributed by atoms with Gasteiger partial charge in [-0.25, -0.2) is 0 Å². The van der Waals surface area contributed by atoms with E-state index < -0.39 is 0 Å². The van der Waals surface area contributed by atoms with Gasteiger partial charge in [-0.3, -0.25) is 0 Å². The molecule has 0 saturated heterocycles. The van der Waals surface area contributed by atoms with E-state index in [2.05, 4.69) is 573 Å². The van der Waals surface area contributed by atoms with Crippen LogP contribution >= 0.6 is 0 Å². The van der Waals surface area contributed by atoms with E-state index in [0.717, 1.165) is 186 Å². The van der Waals surface area contributed by atoms with Gasteiger partial charge < -0.3 is 19.6 Å². The van der Waals surface area contributed by atoms with Crippen LogP contribution in [0.4, 0.5) is 62.6 Å². The van der Waals surface area contributed by atoms with Crippen molar-refractivity contribution in [3.63, 3.8) is 0 Å². The third-order valence-corrected chi connectivity index (χ3v) is 26.2. The normalized spacial score (nSPS) is 12.1. The third-order valence-electron chi connectivity index (χ3n) is 26.2. The Balaban J connectivity index is 0.517. The predicted molar refractivity (Wildman–Crippen MR) is 576 cm³/mol. The minimum Gasteiger partial charge on any atom is -0.310 e. The number of anilines is 11. The van der Waals surface area contributed by atoms with Crippen molar-refractivity contribution in [1.82, 2.24) is 0 Å². The van der Waals surface area contributed by atoms with E-state index in [1.807, 2.05) is 12.1 Å². The summed E-state index contributed by atoms with van der Waals surface area (Å²) >= 11 is 0. The van der Waals surface area contributed by atoms with Crippen LogP contribution in [-0.2, 0) is 0 Å². The van der Waals surface area contributed by atoms with Crippen molar-refractivity contribution in [1.29, 1.82) is 0 Å². The predicted octanol–water partition coefficient (Wildman–Crippen LogP) is 36.4. The van der Waals surface area contributed by atoms with Gasteiger partial charge in [0.25, 0.3) is 0 Å². The first kappa shape index (κ1) is 84.5. The zero-order valence-electron chi connectivity index (χ0n) is 75.9. The number of allylic oxidation sites excluding steroid dienone is 3. The molecule has 0 spiro atoms. The molecule has 1 atom stereocenters. The van der Waals surface area contributed by atoms with Gasteiger partial charge in [0.05, 0.1) is 28.4 Å². The van der Waals surface area contributed by atoms with Gasteiger partial charge in [-0.1, -0.05) is 426 Å². The third kappa shape index (κ3) is 17.9. The average Bonchev–Trinajstić information content (AvgIpc) is 0.784. The largest absolute Gasteiger partial charge is 0.310 e. The standard InChI is InChI=1S/C133H94N4/c1-95-58-91-129(133(92-95)137(115-46-18-7-19-47-115)121-89-73-105(74-90-121)99-38-14-5-15-39-99)125-51-23-22-50-124(125)128-54-26-29-57-132(128)136(119-83-71-104(72-84-119)98-36-12-4-13-37-98)120-87-77-107(78-88-120)101-61-65-109(66-62-101)111-41-31-43-113(94-111)112-42-30-40-110(93-112)108-63-59-100(60-64-108)106-75-85-116(86-76-106)134(114-44-16-6-17-45-114)130-55-27-24-52-126(130)122-48-20-21-49-123(122)127-53-25-28-56-131(127)135(117-79-67-102(68-80-117)96-32-8-2-9-33-96)118-81-69-103(70-82-118)97-34-10-3-11-35-97/h2-29,31-39,41-57,59-73,75-89,91-95H,58H2,1H3. The maximum Gasteiger partial charge on any atom is 0.0974 e. The molecule has 0 heterocycles. The molecule has 0 saturated carbocycles. The molecule has 0 amide bonds. The quantitative estimate of drug-likeness (QED) is 0.0565. The summed E-state index contributed by atoms with van der Waals surface area (Å²) in [6.07, 6.45) is 5.78. The zero-order chi connectivity index (χ0) is 91.6. The molecule has 0 N–H and O–H groups in total. The zero-order valence-corrected chi connectivity index (χ0v) is 75.9. The topological polar surface area (TPSA) is 13.0 Å². The molecule has 22 rings (SSSR count). The highest BCUT2D eigenvalue weighted by atomic mass is 15.2. The smallest absolute Gasteiger partial charge is 0.0974 e. The van der Waals surface area contributed by atoms with Crippen molar-refractivity contribution in [2.24, 2.45) is 5.92 Å². The van der Waals surface area contributed by atoms with Crippen molar-refractivity contribution >= 4 is 68.1 Å². The van der Waals surface area contributed by atoms with Gasteiger partial charge in [0, 0.05) is 73.2 Å².